The molecule has 2 unspecified atom stereocenters. The lowest BCUT2D eigenvalue weighted by Crippen LogP contribution is -2.51. The minimum absolute atomic E-state index is 0. The molecule has 1 aromatic rings. The van der Waals surface area contributed by atoms with Crippen LogP contribution in [-0.4, -0.2) is 102 Å². The van der Waals surface area contributed by atoms with Crippen LogP contribution in [0.2, 0.25) is 0 Å². The molecule has 9 nitrogen and oxygen atoms in total. The van der Waals surface area contributed by atoms with Crippen molar-refractivity contribution in [1.82, 2.24) is 29.6 Å². The Kier molecular flexibility index (Phi) is 9.36. The number of carbonyl (C=O) groups excluding carboxylic acids is 2. The zero-order chi connectivity index (χ0) is 19.5. The number of rotatable bonds is 5. The molecule has 3 saturated heterocycles. The predicted molar refractivity (Wildman–Crippen MR) is 117 cm³/mol. The average Bonchev–Trinajstić information content (AvgIpc) is 3.32. The number of aryl methyl sites for hydroxylation is 1. The van der Waals surface area contributed by atoms with Crippen molar-refractivity contribution < 1.29 is 14.3 Å². The third kappa shape index (κ3) is 5.45. The second kappa shape index (κ2) is 11.3. The van der Waals surface area contributed by atoms with Crippen LogP contribution >= 0.6 is 24.8 Å². The van der Waals surface area contributed by atoms with Crippen LogP contribution in [0.1, 0.15) is 18.3 Å². The van der Waals surface area contributed by atoms with Crippen molar-refractivity contribution >= 4 is 36.6 Å². The Balaban J connectivity index is 0.00000160. The van der Waals surface area contributed by atoms with Crippen molar-refractivity contribution in [1.29, 1.82) is 0 Å². The zero-order valence-electron chi connectivity index (χ0n) is 17.4. The van der Waals surface area contributed by atoms with E-state index < -0.39 is 0 Å². The first-order valence-electron chi connectivity index (χ1n) is 10.2. The molecule has 11 heteroatoms. The summed E-state index contributed by atoms with van der Waals surface area (Å²) >= 11 is 0. The van der Waals surface area contributed by atoms with Gasteiger partial charge < -0.3 is 24.4 Å². The highest BCUT2D eigenvalue weighted by Gasteiger charge is 2.40. The van der Waals surface area contributed by atoms with Crippen LogP contribution in [0.5, 0.6) is 0 Å². The number of nitrogens with zero attached hydrogens (tertiary/aromatic N) is 5. The number of hydrogen-bond acceptors (Lipinski definition) is 6. The molecular formula is C19H32Cl2N6O3. The molecule has 170 valence electrons. The first-order chi connectivity index (χ1) is 13.6. The van der Waals surface area contributed by atoms with Crippen molar-refractivity contribution in [3.63, 3.8) is 0 Å². The maximum Gasteiger partial charge on any atom is 0.228 e. The third-order valence-corrected chi connectivity index (χ3v) is 6.04. The summed E-state index contributed by atoms with van der Waals surface area (Å²) in [5.74, 6) is 0.805. The number of likely N-dealkylation sites (tertiary alicyclic amines) is 1. The zero-order valence-corrected chi connectivity index (χ0v) is 19.0. The molecule has 2 amide bonds. The second-order valence-corrected chi connectivity index (χ2v) is 7.84. The first kappa shape index (κ1) is 24.9. The summed E-state index contributed by atoms with van der Waals surface area (Å²) in [5, 5.41) is 3.36. The van der Waals surface area contributed by atoms with Gasteiger partial charge in [0.25, 0.3) is 0 Å². The van der Waals surface area contributed by atoms with E-state index in [-0.39, 0.29) is 48.6 Å². The van der Waals surface area contributed by atoms with Crippen molar-refractivity contribution in [2.75, 3.05) is 65.6 Å². The SMILES string of the molecule is Cl.Cl.Cn1ccnc1C1CNCCN1C(=O)C1CC(=O)N(CCN2CCOCC2)C1. The Bertz CT molecular complexity index is 712. The maximum atomic E-state index is 13.3. The van der Waals surface area contributed by atoms with E-state index in [2.05, 4.69) is 15.2 Å². The lowest BCUT2D eigenvalue weighted by Gasteiger charge is -2.37. The molecule has 3 aliphatic rings. The second-order valence-electron chi connectivity index (χ2n) is 7.84. The molecule has 0 saturated carbocycles. The molecule has 1 N–H and O–H groups in total. The van der Waals surface area contributed by atoms with Crippen LogP contribution in [0.25, 0.3) is 0 Å². The van der Waals surface area contributed by atoms with Crippen LogP contribution in [0.15, 0.2) is 12.4 Å². The summed E-state index contributed by atoms with van der Waals surface area (Å²) in [5.41, 5.74) is 0. The molecule has 0 radical (unpaired) electrons. The summed E-state index contributed by atoms with van der Waals surface area (Å²) in [6.07, 6.45) is 3.98. The molecule has 4 heterocycles. The van der Waals surface area contributed by atoms with Gasteiger partial charge in [0.1, 0.15) is 11.9 Å². The normalized spacial score (nSPS) is 25.0. The van der Waals surface area contributed by atoms with E-state index >= 15 is 0 Å². The van der Waals surface area contributed by atoms with Crippen molar-refractivity contribution in [2.45, 2.75) is 12.5 Å². The van der Waals surface area contributed by atoms with Crippen LogP contribution in [0.3, 0.4) is 0 Å². The highest BCUT2D eigenvalue weighted by molar-refractivity contribution is 5.89. The highest BCUT2D eigenvalue weighted by Crippen LogP contribution is 2.26. The fourth-order valence-corrected chi connectivity index (χ4v) is 4.37. The van der Waals surface area contributed by atoms with Crippen LogP contribution in [-0.2, 0) is 21.4 Å². The van der Waals surface area contributed by atoms with E-state index in [4.69, 9.17) is 4.74 Å². The molecule has 3 fully saturated rings. The standard InChI is InChI=1S/C19H30N6O3.2ClH/c1-22-4-3-21-18(22)16-13-20-2-5-25(16)19(27)15-12-17(26)24(14-15)7-6-23-8-10-28-11-9-23;;/h3-4,15-16,20H,2,5-14H2,1H3;2*1H. The van der Waals surface area contributed by atoms with Gasteiger partial charge in [0.15, 0.2) is 0 Å². The fraction of sp³-hybridized carbons (Fsp3) is 0.737. The van der Waals surface area contributed by atoms with Crippen molar-refractivity contribution in [2.24, 2.45) is 13.0 Å². The van der Waals surface area contributed by atoms with Gasteiger partial charge in [0, 0.05) is 78.2 Å². The highest BCUT2D eigenvalue weighted by atomic mass is 35.5. The maximum absolute atomic E-state index is 13.3. The minimum atomic E-state index is -0.252. The molecule has 1 aromatic heterocycles. The summed E-state index contributed by atoms with van der Waals surface area (Å²) in [6.45, 7) is 7.51. The van der Waals surface area contributed by atoms with Crippen LogP contribution < -0.4 is 5.32 Å². The number of halogens is 2. The lowest BCUT2D eigenvalue weighted by atomic mass is 10.0. The van der Waals surface area contributed by atoms with Gasteiger partial charge >= 0.3 is 0 Å². The van der Waals surface area contributed by atoms with Crippen LogP contribution in [0.4, 0.5) is 0 Å². The summed E-state index contributed by atoms with van der Waals surface area (Å²) in [7, 11) is 1.95. The van der Waals surface area contributed by atoms with Gasteiger partial charge in [-0.05, 0) is 0 Å². The number of ether oxygens (including phenoxy) is 1. The van der Waals surface area contributed by atoms with E-state index in [1.807, 2.05) is 27.6 Å². The van der Waals surface area contributed by atoms with Crippen LogP contribution in [0, 0.1) is 5.92 Å². The number of hydrogen-bond donors (Lipinski definition) is 1. The average molecular weight is 463 g/mol. The third-order valence-electron chi connectivity index (χ3n) is 6.04. The molecule has 0 aliphatic carbocycles. The molecular weight excluding hydrogens is 431 g/mol. The molecule has 2 atom stereocenters. The lowest BCUT2D eigenvalue weighted by molar-refractivity contribution is -0.139. The Hall–Kier alpha value is -1.39. The summed E-state index contributed by atoms with van der Waals surface area (Å²) in [4.78, 5) is 36.3. The number of morpholine rings is 1. The summed E-state index contributed by atoms with van der Waals surface area (Å²) < 4.78 is 7.34. The first-order valence-corrected chi connectivity index (χ1v) is 10.2. The largest absolute Gasteiger partial charge is 0.379 e. The van der Waals surface area contributed by atoms with E-state index in [1.165, 1.54) is 0 Å². The Morgan fingerprint density at radius 3 is 2.70 bits per heavy atom. The minimum Gasteiger partial charge on any atom is -0.379 e. The number of carbonyl (C=O) groups is 2. The van der Waals surface area contributed by atoms with Crippen molar-refractivity contribution in [3.8, 4) is 0 Å². The Morgan fingerprint density at radius 2 is 2.00 bits per heavy atom. The van der Waals surface area contributed by atoms with E-state index in [9.17, 15) is 9.59 Å². The fourth-order valence-electron chi connectivity index (χ4n) is 4.37. The molecule has 4 rings (SSSR count). The number of piperazine rings is 1. The van der Waals surface area contributed by atoms with Gasteiger partial charge in [-0.2, -0.15) is 0 Å². The van der Waals surface area contributed by atoms with Gasteiger partial charge in [0.05, 0.1) is 19.1 Å². The topological polar surface area (TPSA) is 82.9 Å². The predicted octanol–water partition coefficient (Wildman–Crippen LogP) is -0.0827. The molecule has 0 bridgehead atoms. The number of amides is 2. The van der Waals surface area contributed by atoms with Gasteiger partial charge in [0.2, 0.25) is 11.8 Å². The van der Waals surface area contributed by atoms with E-state index in [0.29, 0.717) is 32.6 Å². The van der Waals surface area contributed by atoms with Gasteiger partial charge in [-0.1, -0.05) is 0 Å². The van der Waals surface area contributed by atoms with Gasteiger partial charge in [-0.3, -0.25) is 14.5 Å². The number of imidazole rings is 1. The van der Waals surface area contributed by atoms with Crippen molar-refractivity contribution in [3.05, 3.63) is 18.2 Å². The number of nitrogens with one attached hydrogen (secondary N) is 1. The summed E-state index contributed by atoms with van der Waals surface area (Å²) in [6, 6.07) is -0.0845. The Labute approximate surface area is 189 Å². The van der Waals surface area contributed by atoms with Gasteiger partial charge in [-0.15, -0.1) is 24.8 Å². The smallest absolute Gasteiger partial charge is 0.228 e. The monoisotopic (exact) mass is 462 g/mol. The quantitative estimate of drug-likeness (QED) is 0.658. The Morgan fingerprint density at radius 1 is 1.23 bits per heavy atom. The van der Waals surface area contributed by atoms with E-state index in [0.717, 1.165) is 45.2 Å². The molecule has 0 spiro atoms. The van der Waals surface area contributed by atoms with E-state index in [1.54, 1.807) is 6.20 Å². The molecule has 30 heavy (non-hydrogen) atoms. The number of aromatic nitrogens is 2. The molecule has 0 aromatic carbocycles. The molecule has 3 aliphatic heterocycles. The van der Waals surface area contributed by atoms with Gasteiger partial charge in [-0.25, -0.2) is 4.98 Å².